The molecule has 124 valence electrons. The summed E-state index contributed by atoms with van der Waals surface area (Å²) in [6.45, 7) is 0. The maximum atomic E-state index is 12.5. The molecule has 25 heavy (non-hydrogen) atoms. The zero-order valence-corrected chi connectivity index (χ0v) is 15.7. The second kappa shape index (κ2) is 6.72. The van der Waals surface area contributed by atoms with Crippen LogP contribution in [0, 0.1) is 0 Å². The van der Waals surface area contributed by atoms with Crippen molar-refractivity contribution >= 4 is 69.1 Å². The molecule has 0 N–H and O–H groups in total. The van der Waals surface area contributed by atoms with Gasteiger partial charge in [0.05, 0.1) is 14.6 Å². The van der Waals surface area contributed by atoms with Crippen LogP contribution in [0.1, 0.15) is 16.3 Å². The molecular weight excluding hydrogens is 397 g/mol. The number of nitrogens with zero attached hydrogens (tertiary/aromatic N) is 3. The molecule has 0 unspecified atom stereocenters. The van der Waals surface area contributed by atoms with Crippen LogP contribution >= 0.6 is 45.9 Å². The van der Waals surface area contributed by atoms with Crippen LogP contribution in [0.25, 0.3) is 23.2 Å². The van der Waals surface area contributed by atoms with E-state index in [0.717, 1.165) is 10.4 Å². The van der Waals surface area contributed by atoms with Crippen LogP contribution in [-0.2, 0) is 0 Å². The lowest BCUT2D eigenvalue weighted by Crippen LogP contribution is -2.23. The number of halogens is 2. The molecule has 0 radical (unpaired) electrons. The molecule has 0 amide bonds. The summed E-state index contributed by atoms with van der Waals surface area (Å²) in [7, 11) is 0. The van der Waals surface area contributed by atoms with Gasteiger partial charge in [0.15, 0.2) is 5.82 Å². The van der Waals surface area contributed by atoms with Crippen molar-refractivity contribution < 1.29 is 0 Å². The second-order valence-corrected chi connectivity index (χ2v) is 7.91. The standard InChI is InChI=1S/C17H9Cl2N3OS2/c18-12-5-3-10(8-13(12)19)9-14-16(23)22-17(25-14)20-15(21-22)6-4-11-2-1-7-24-11/h1-9H/b6-4+,14-9-. The molecule has 4 nitrogen and oxygen atoms in total. The van der Waals surface area contributed by atoms with Gasteiger partial charge in [-0.05, 0) is 47.4 Å². The van der Waals surface area contributed by atoms with Crippen molar-refractivity contribution in [2.24, 2.45) is 0 Å². The molecular formula is C17H9Cl2N3OS2. The molecule has 4 rings (SSSR count). The van der Waals surface area contributed by atoms with Crippen molar-refractivity contribution in [3.05, 3.63) is 76.9 Å². The zero-order valence-electron chi connectivity index (χ0n) is 12.5. The molecule has 0 spiro atoms. The Bertz CT molecular complexity index is 1190. The van der Waals surface area contributed by atoms with Gasteiger partial charge in [0, 0.05) is 4.88 Å². The first kappa shape index (κ1) is 16.5. The molecule has 0 aliphatic rings. The van der Waals surface area contributed by atoms with Crippen molar-refractivity contribution in [1.82, 2.24) is 14.6 Å². The molecule has 0 aliphatic carbocycles. The lowest BCUT2D eigenvalue weighted by atomic mass is 10.2. The van der Waals surface area contributed by atoms with Crippen LogP contribution in [0.2, 0.25) is 10.0 Å². The van der Waals surface area contributed by atoms with E-state index in [9.17, 15) is 4.79 Å². The average Bonchev–Trinajstić information content (AvgIpc) is 3.29. The van der Waals surface area contributed by atoms with Gasteiger partial charge in [0.1, 0.15) is 0 Å². The summed E-state index contributed by atoms with van der Waals surface area (Å²) in [5, 5.41) is 7.18. The maximum Gasteiger partial charge on any atom is 0.291 e. The van der Waals surface area contributed by atoms with Crippen LogP contribution in [0.4, 0.5) is 0 Å². The lowest BCUT2D eigenvalue weighted by Gasteiger charge is -1.96. The molecule has 1 aromatic carbocycles. The predicted octanol–water partition coefficient (Wildman–Crippen LogP) is 4.24. The number of thiazole rings is 1. The Morgan fingerprint density at radius 1 is 1.12 bits per heavy atom. The number of rotatable bonds is 3. The van der Waals surface area contributed by atoms with Crippen LogP contribution in [0.15, 0.2) is 40.5 Å². The third-order valence-corrected chi connectivity index (χ3v) is 5.92. The van der Waals surface area contributed by atoms with E-state index in [0.29, 0.717) is 25.4 Å². The fraction of sp³-hybridized carbons (Fsp3) is 0. The lowest BCUT2D eigenvalue weighted by molar-refractivity contribution is 0.925. The monoisotopic (exact) mass is 405 g/mol. The Morgan fingerprint density at radius 3 is 2.72 bits per heavy atom. The molecule has 4 aromatic rings. The fourth-order valence-electron chi connectivity index (χ4n) is 2.22. The molecule has 0 fully saturated rings. The minimum absolute atomic E-state index is 0.200. The van der Waals surface area contributed by atoms with Crippen LogP contribution in [0.5, 0.6) is 0 Å². The topological polar surface area (TPSA) is 47.3 Å². The fourth-order valence-corrected chi connectivity index (χ4v) is 4.06. The van der Waals surface area contributed by atoms with Crippen molar-refractivity contribution in [2.75, 3.05) is 0 Å². The molecule has 0 saturated carbocycles. The Kier molecular flexibility index (Phi) is 4.43. The number of thiophene rings is 1. The molecule has 3 aromatic heterocycles. The molecule has 3 heterocycles. The van der Waals surface area contributed by atoms with Gasteiger partial charge in [-0.2, -0.15) is 9.50 Å². The smallest absolute Gasteiger partial charge is 0.266 e. The van der Waals surface area contributed by atoms with Crippen LogP contribution in [-0.4, -0.2) is 14.6 Å². The Balaban J connectivity index is 1.71. The number of benzene rings is 1. The van der Waals surface area contributed by atoms with E-state index in [2.05, 4.69) is 10.1 Å². The second-order valence-electron chi connectivity index (χ2n) is 5.10. The molecule has 0 bridgehead atoms. The highest BCUT2D eigenvalue weighted by Crippen LogP contribution is 2.22. The van der Waals surface area contributed by atoms with Gasteiger partial charge in [-0.25, -0.2) is 0 Å². The highest BCUT2D eigenvalue weighted by molar-refractivity contribution is 7.15. The van der Waals surface area contributed by atoms with Gasteiger partial charge < -0.3 is 0 Å². The highest BCUT2D eigenvalue weighted by atomic mass is 35.5. The van der Waals surface area contributed by atoms with Crippen molar-refractivity contribution in [1.29, 1.82) is 0 Å². The summed E-state index contributed by atoms with van der Waals surface area (Å²) >= 11 is 14.8. The first-order chi connectivity index (χ1) is 12.1. The number of hydrogen-bond donors (Lipinski definition) is 0. The average molecular weight is 406 g/mol. The van der Waals surface area contributed by atoms with Crippen molar-refractivity contribution in [3.63, 3.8) is 0 Å². The van der Waals surface area contributed by atoms with Crippen LogP contribution < -0.4 is 10.1 Å². The SMILES string of the molecule is O=c1/c(=C/c2ccc(Cl)c(Cl)c2)sc2nc(/C=C/c3cccs3)nn12. The van der Waals surface area contributed by atoms with Gasteiger partial charge in [-0.15, -0.1) is 16.4 Å². The summed E-state index contributed by atoms with van der Waals surface area (Å²) in [5.74, 6) is 0.512. The van der Waals surface area contributed by atoms with Gasteiger partial charge >= 0.3 is 0 Å². The summed E-state index contributed by atoms with van der Waals surface area (Å²) < 4.78 is 1.87. The van der Waals surface area contributed by atoms with E-state index in [1.807, 2.05) is 23.6 Å². The largest absolute Gasteiger partial charge is 0.291 e. The maximum absolute atomic E-state index is 12.5. The molecule has 0 atom stereocenters. The minimum Gasteiger partial charge on any atom is -0.266 e. The summed E-state index contributed by atoms with van der Waals surface area (Å²) in [6.07, 6.45) is 5.48. The normalized spacial score (nSPS) is 12.6. The predicted molar refractivity (Wildman–Crippen MR) is 106 cm³/mol. The summed E-state index contributed by atoms with van der Waals surface area (Å²) in [6, 6.07) is 9.20. The Morgan fingerprint density at radius 2 is 2.00 bits per heavy atom. The summed E-state index contributed by atoms with van der Waals surface area (Å²) in [4.78, 5) is 18.5. The third-order valence-electron chi connectivity index (χ3n) is 3.38. The first-order valence-corrected chi connectivity index (χ1v) is 9.63. The third kappa shape index (κ3) is 3.39. The quantitative estimate of drug-likeness (QED) is 0.512. The zero-order chi connectivity index (χ0) is 17.4. The van der Waals surface area contributed by atoms with Gasteiger partial charge in [0.25, 0.3) is 5.56 Å². The number of fused-ring (bicyclic) bond motifs is 1. The van der Waals surface area contributed by atoms with Gasteiger partial charge in [0.2, 0.25) is 4.96 Å². The first-order valence-electron chi connectivity index (χ1n) is 7.18. The van der Waals surface area contributed by atoms with Gasteiger partial charge in [-0.3, -0.25) is 4.79 Å². The van der Waals surface area contributed by atoms with Crippen LogP contribution in [0.3, 0.4) is 0 Å². The molecule has 0 aliphatic heterocycles. The van der Waals surface area contributed by atoms with E-state index in [-0.39, 0.29) is 5.56 Å². The van der Waals surface area contributed by atoms with Gasteiger partial charge in [-0.1, -0.05) is 46.7 Å². The molecule has 0 saturated heterocycles. The molecule has 8 heteroatoms. The summed E-state index contributed by atoms with van der Waals surface area (Å²) in [5.41, 5.74) is 0.600. The van der Waals surface area contributed by atoms with Crippen molar-refractivity contribution in [2.45, 2.75) is 0 Å². The van der Waals surface area contributed by atoms with E-state index in [4.69, 9.17) is 23.2 Å². The highest BCUT2D eigenvalue weighted by Gasteiger charge is 2.09. The van der Waals surface area contributed by atoms with Crippen molar-refractivity contribution in [3.8, 4) is 0 Å². The van der Waals surface area contributed by atoms with E-state index in [1.54, 1.807) is 41.7 Å². The van der Waals surface area contributed by atoms with E-state index < -0.39 is 0 Å². The Labute approximate surface area is 160 Å². The Hall–Kier alpha value is -1.99. The minimum atomic E-state index is -0.200. The van der Waals surface area contributed by atoms with E-state index >= 15 is 0 Å². The number of aromatic nitrogens is 3. The number of hydrogen-bond acceptors (Lipinski definition) is 5. The van der Waals surface area contributed by atoms with E-state index in [1.165, 1.54) is 15.9 Å².